The van der Waals surface area contributed by atoms with Gasteiger partial charge in [-0.3, -0.25) is 0 Å². The number of benzene rings is 1. The molecule has 1 aliphatic carbocycles. The van der Waals surface area contributed by atoms with Gasteiger partial charge in [0.15, 0.2) is 18.0 Å². The van der Waals surface area contributed by atoms with Crippen LogP contribution in [0.5, 0.6) is 0 Å². The van der Waals surface area contributed by atoms with E-state index in [0.29, 0.717) is 12.5 Å². The van der Waals surface area contributed by atoms with Gasteiger partial charge in [-0.15, -0.1) is 0 Å². The van der Waals surface area contributed by atoms with Crippen molar-refractivity contribution in [2.45, 2.75) is 25.3 Å². The molecule has 0 bridgehead atoms. The first-order valence-electron chi connectivity index (χ1n) is 7.06. The van der Waals surface area contributed by atoms with Gasteiger partial charge >= 0.3 is 0 Å². The highest BCUT2D eigenvalue weighted by atomic mass is 16.4. The van der Waals surface area contributed by atoms with Crippen molar-refractivity contribution in [1.82, 2.24) is 9.97 Å². The molecule has 1 aliphatic rings. The number of nitrogens with zero attached hydrogens (tertiary/aromatic N) is 2. The first-order chi connectivity index (χ1) is 10.4. The van der Waals surface area contributed by atoms with Gasteiger partial charge in [-0.05, 0) is 25.0 Å². The molecule has 1 aromatic carbocycles. The van der Waals surface area contributed by atoms with Crippen molar-refractivity contribution in [2.24, 2.45) is 0 Å². The van der Waals surface area contributed by atoms with Crippen molar-refractivity contribution in [3.05, 3.63) is 54.7 Å². The molecule has 1 fully saturated rings. The summed E-state index contributed by atoms with van der Waals surface area (Å²) in [5.74, 6) is 3.05. The molecular formula is C16H15N3O2. The number of anilines is 1. The Labute approximate surface area is 122 Å². The van der Waals surface area contributed by atoms with E-state index >= 15 is 0 Å². The van der Waals surface area contributed by atoms with Gasteiger partial charge in [-0.2, -0.15) is 0 Å². The highest BCUT2D eigenvalue weighted by Crippen LogP contribution is 2.39. The first-order valence-corrected chi connectivity index (χ1v) is 7.06. The maximum absolute atomic E-state index is 5.73. The topological polar surface area (TPSA) is 64.1 Å². The van der Waals surface area contributed by atoms with Crippen molar-refractivity contribution in [3.8, 4) is 11.3 Å². The summed E-state index contributed by atoms with van der Waals surface area (Å²) in [4.78, 5) is 8.26. The van der Waals surface area contributed by atoms with Crippen LogP contribution in [-0.2, 0) is 6.54 Å². The predicted octanol–water partition coefficient (Wildman–Crippen LogP) is 3.82. The van der Waals surface area contributed by atoms with Crippen LogP contribution in [0.1, 0.15) is 30.4 Å². The summed E-state index contributed by atoms with van der Waals surface area (Å²) in [7, 11) is 0. The lowest BCUT2D eigenvalue weighted by Gasteiger charge is -2.05. The Morgan fingerprint density at radius 3 is 3.00 bits per heavy atom. The number of rotatable bonds is 5. The number of aromatic nitrogens is 2. The van der Waals surface area contributed by atoms with E-state index < -0.39 is 0 Å². The standard InChI is InChI=1S/C16H15N3O2/c1-2-12(15-9-17-10-20-15)6-13(3-1)18-7-14-8-19-16(21-14)11-4-5-11/h1-3,6,8-11,18H,4-5,7H2. The average Bonchev–Trinajstić information content (AvgIpc) is 3.05. The minimum Gasteiger partial charge on any atom is -0.444 e. The Morgan fingerprint density at radius 1 is 1.24 bits per heavy atom. The van der Waals surface area contributed by atoms with Gasteiger partial charge in [0.25, 0.3) is 0 Å². The number of oxazole rings is 2. The monoisotopic (exact) mass is 281 g/mol. The number of nitrogens with one attached hydrogen (secondary N) is 1. The van der Waals surface area contributed by atoms with Crippen LogP contribution in [-0.4, -0.2) is 9.97 Å². The second-order valence-corrected chi connectivity index (χ2v) is 5.24. The SMILES string of the molecule is c1cc(NCc2cnc(C3CC3)o2)cc(-c2cnco2)c1. The van der Waals surface area contributed by atoms with Crippen LogP contribution in [0.3, 0.4) is 0 Å². The zero-order valence-electron chi connectivity index (χ0n) is 11.5. The van der Waals surface area contributed by atoms with E-state index in [1.807, 2.05) is 24.3 Å². The van der Waals surface area contributed by atoms with Crippen molar-refractivity contribution in [2.75, 3.05) is 5.32 Å². The zero-order valence-corrected chi connectivity index (χ0v) is 11.5. The summed E-state index contributed by atoms with van der Waals surface area (Å²) in [5.41, 5.74) is 2.00. The van der Waals surface area contributed by atoms with Crippen LogP contribution in [0.4, 0.5) is 5.69 Å². The summed E-state index contributed by atoms with van der Waals surface area (Å²) < 4.78 is 11.0. The third-order valence-electron chi connectivity index (χ3n) is 3.54. The second kappa shape index (κ2) is 5.09. The minimum absolute atomic E-state index is 0.550. The maximum atomic E-state index is 5.73. The summed E-state index contributed by atoms with van der Waals surface area (Å²) in [6.45, 7) is 0.625. The molecular weight excluding hydrogens is 266 g/mol. The lowest BCUT2D eigenvalue weighted by atomic mass is 10.1. The molecule has 0 spiro atoms. The molecule has 5 heteroatoms. The zero-order chi connectivity index (χ0) is 14.1. The van der Waals surface area contributed by atoms with E-state index in [1.54, 1.807) is 12.4 Å². The van der Waals surface area contributed by atoms with E-state index in [2.05, 4.69) is 15.3 Å². The molecule has 2 aromatic heterocycles. The lowest BCUT2D eigenvalue weighted by molar-refractivity contribution is 0.462. The molecule has 0 radical (unpaired) electrons. The van der Waals surface area contributed by atoms with E-state index in [1.165, 1.54) is 19.2 Å². The van der Waals surface area contributed by atoms with E-state index in [4.69, 9.17) is 8.83 Å². The van der Waals surface area contributed by atoms with Crippen LogP contribution in [0.2, 0.25) is 0 Å². The molecule has 21 heavy (non-hydrogen) atoms. The predicted molar refractivity (Wildman–Crippen MR) is 77.7 cm³/mol. The Kier molecular flexibility index (Phi) is 2.96. The first kappa shape index (κ1) is 12.2. The van der Waals surface area contributed by atoms with Crippen molar-refractivity contribution < 1.29 is 8.83 Å². The number of hydrogen-bond donors (Lipinski definition) is 1. The Morgan fingerprint density at radius 2 is 2.19 bits per heavy atom. The van der Waals surface area contributed by atoms with Crippen LogP contribution in [0, 0.1) is 0 Å². The molecule has 106 valence electrons. The van der Waals surface area contributed by atoms with Crippen molar-refractivity contribution in [3.63, 3.8) is 0 Å². The van der Waals surface area contributed by atoms with Gasteiger partial charge in [-0.25, -0.2) is 9.97 Å². The van der Waals surface area contributed by atoms with Gasteiger partial charge < -0.3 is 14.2 Å². The largest absolute Gasteiger partial charge is 0.444 e. The molecule has 2 heterocycles. The highest BCUT2D eigenvalue weighted by molar-refractivity contribution is 5.63. The molecule has 0 saturated heterocycles. The highest BCUT2D eigenvalue weighted by Gasteiger charge is 2.28. The molecule has 1 N–H and O–H groups in total. The third-order valence-corrected chi connectivity index (χ3v) is 3.54. The van der Waals surface area contributed by atoms with E-state index in [-0.39, 0.29) is 0 Å². The smallest absolute Gasteiger partial charge is 0.197 e. The molecule has 0 amide bonds. The third kappa shape index (κ3) is 2.67. The van der Waals surface area contributed by atoms with Gasteiger partial charge in [0.05, 0.1) is 18.9 Å². The van der Waals surface area contributed by atoms with Gasteiger partial charge in [0.2, 0.25) is 0 Å². The van der Waals surface area contributed by atoms with Gasteiger partial charge in [0, 0.05) is 17.2 Å². The van der Waals surface area contributed by atoms with Gasteiger partial charge in [0.1, 0.15) is 5.76 Å². The quantitative estimate of drug-likeness (QED) is 0.770. The summed E-state index contributed by atoms with van der Waals surface area (Å²) >= 11 is 0. The van der Waals surface area contributed by atoms with Crippen LogP contribution in [0.15, 0.2) is 51.9 Å². The van der Waals surface area contributed by atoms with Crippen LogP contribution < -0.4 is 5.32 Å². The summed E-state index contributed by atoms with van der Waals surface area (Å²) in [5, 5.41) is 3.34. The normalized spacial score (nSPS) is 14.3. The molecule has 0 unspecified atom stereocenters. The van der Waals surface area contributed by atoms with Crippen LogP contribution in [0.25, 0.3) is 11.3 Å². The number of hydrogen-bond acceptors (Lipinski definition) is 5. The van der Waals surface area contributed by atoms with Crippen LogP contribution >= 0.6 is 0 Å². The Balaban J connectivity index is 1.45. The van der Waals surface area contributed by atoms with Crippen molar-refractivity contribution in [1.29, 1.82) is 0 Å². The molecule has 1 saturated carbocycles. The molecule has 0 aliphatic heterocycles. The van der Waals surface area contributed by atoms with E-state index in [9.17, 15) is 0 Å². The molecule has 5 nitrogen and oxygen atoms in total. The molecule has 3 aromatic rings. The summed E-state index contributed by atoms with van der Waals surface area (Å²) in [6.07, 6.45) is 7.35. The fraction of sp³-hybridized carbons (Fsp3) is 0.250. The van der Waals surface area contributed by atoms with Crippen molar-refractivity contribution >= 4 is 5.69 Å². The average molecular weight is 281 g/mol. The minimum atomic E-state index is 0.550. The summed E-state index contributed by atoms with van der Waals surface area (Å²) in [6, 6.07) is 8.01. The second-order valence-electron chi connectivity index (χ2n) is 5.24. The maximum Gasteiger partial charge on any atom is 0.197 e. The van der Waals surface area contributed by atoms with E-state index in [0.717, 1.165) is 28.7 Å². The lowest BCUT2D eigenvalue weighted by Crippen LogP contribution is -1.98. The fourth-order valence-electron chi connectivity index (χ4n) is 2.25. The van der Waals surface area contributed by atoms with Gasteiger partial charge in [-0.1, -0.05) is 12.1 Å². The molecule has 4 rings (SSSR count). The Hall–Kier alpha value is -2.56. The molecule has 0 atom stereocenters. The Bertz CT molecular complexity index is 730. The fourth-order valence-corrected chi connectivity index (χ4v) is 2.25.